The monoisotopic (exact) mass is 380 g/mol. The number of hydrogen-bond acceptors (Lipinski definition) is 6. The number of anilines is 2. The lowest BCUT2D eigenvalue weighted by atomic mass is 10.2. The molecule has 0 bridgehead atoms. The predicted octanol–water partition coefficient (Wildman–Crippen LogP) is 0.631. The maximum absolute atomic E-state index is 13.0. The molecule has 1 atom stereocenters. The lowest BCUT2D eigenvalue weighted by Crippen LogP contribution is -2.41. The molecule has 0 saturated carbocycles. The van der Waals surface area contributed by atoms with E-state index in [4.69, 9.17) is 5.26 Å². The van der Waals surface area contributed by atoms with E-state index in [0.29, 0.717) is 12.5 Å². The SMILES string of the molecule is Cc1ccc(N2C[C@H](O)Cn3c2nc2c3c(=O)n(CCC#N)c(=O)n2C)cc1. The lowest BCUT2D eigenvalue weighted by Gasteiger charge is -2.32. The molecule has 0 unspecified atom stereocenters. The Bertz CT molecular complexity index is 1210. The molecule has 144 valence electrons. The first kappa shape index (κ1) is 18.0. The van der Waals surface area contributed by atoms with Crippen LogP contribution in [0.2, 0.25) is 0 Å². The Morgan fingerprint density at radius 1 is 1.25 bits per heavy atom. The fourth-order valence-corrected chi connectivity index (χ4v) is 3.60. The number of rotatable bonds is 3. The molecule has 1 aromatic carbocycles. The second kappa shape index (κ2) is 6.65. The Labute approximate surface area is 160 Å². The van der Waals surface area contributed by atoms with Gasteiger partial charge in [-0.25, -0.2) is 4.79 Å². The van der Waals surface area contributed by atoms with E-state index in [1.807, 2.05) is 42.2 Å². The molecule has 0 saturated heterocycles. The molecule has 9 nitrogen and oxygen atoms in total. The Hall–Kier alpha value is -3.38. The zero-order chi connectivity index (χ0) is 20.0. The van der Waals surface area contributed by atoms with Gasteiger partial charge in [-0.3, -0.25) is 13.9 Å². The second-order valence-corrected chi connectivity index (χ2v) is 7.00. The van der Waals surface area contributed by atoms with Crippen LogP contribution in [0.3, 0.4) is 0 Å². The van der Waals surface area contributed by atoms with Crippen molar-refractivity contribution in [2.24, 2.45) is 7.05 Å². The Morgan fingerprint density at radius 2 is 1.96 bits per heavy atom. The van der Waals surface area contributed by atoms with Crippen LogP contribution in [-0.4, -0.2) is 36.4 Å². The van der Waals surface area contributed by atoms with Gasteiger partial charge < -0.3 is 14.6 Å². The molecule has 0 radical (unpaired) electrons. The Balaban J connectivity index is 1.98. The standard InChI is InChI=1S/C19H20N6O3/c1-12-4-6-13(7-5-12)24-10-14(26)11-25-15-16(21-18(24)25)22(2)19(28)23(17(15)27)9-3-8-20/h4-7,14,26H,3,9-11H2,1-2H3/t14-/m0/s1. The first-order chi connectivity index (χ1) is 13.4. The van der Waals surface area contributed by atoms with Crippen molar-refractivity contribution < 1.29 is 5.11 Å². The van der Waals surface area contributed by atoms with Gasteiger partial charge >= 0.3 is 5.69 Å². The first-order valence-corrected chi connectivity index (χ1v) is 9.01. The average Bonchev–Trinajstić information content (AvgIpc) is 3.06. The fourth-order valence-electron chi connectivity index (χ4n) is 3.60. The van der Waals surface area contributed by atoms with Crippen LogP contribution in [0.5, 0.6) is 0 Å². The average molecular weight is 380 g/mol. The van der Waals surface area contributed by atoms with Crippen LogP contribution in [0.4, 0.5) is 11.6 Å². The van der Waals surface area contributed by atoms with Crippen LogP contribution >= 0.6 is 0 Å². The summed E-state index contributed by atoms with van der Waals surface area (Å²) < 4.78 is 4.03. The van der Waals surface area contributed by atoms with Gasteiger partial charge in [0.1, 0.15) is 0 Å². The minimum atomic E-state index is -0.699. The fraction of sp³-hybridized carbons (Fsp3) is 0.368. The highest BCUT2D eigenvalue weighted by atomic mass is 16.3. The van der Waals surface area contributed by atoms with Crippen LogP contribution in [0.15, 0.2) is 33.9 Å². The van der Waals surface area contributed by atoms with Crippen LogP contribution in [0.1, 0.15) is 12.0 Å². The summed E-state index contributed by atoms with van der Waals surface area (Å²) in [5.74, 6) is 0.509. The predicted molar refractivity (Wildman–Crippen MR) is 104 cm³/mol. The summed E-state index contributed by atoms with van der Waals surface area (Å²) in [4.78, 5) is 32.0. The molecular formula is C19H20N6O3. The number of β-amino-alcohol motifs (C(OH)–C–C–N with tert-alkyl or cyclic N) is 1. The zero-order valence-corrected chi connectivity index (χ0v) is 15.7. The molecule has 28 heavy (non-hydrogen) atoms. The van der Waals surface area contributed by atoms with E-state index in [9.17, 15) is 14.7 Å². The molecular weight excluding hydrogens is 360 g/mol. The number of nitrogens with zero attached hydrogens (tertiary/aromatic N) is 6. The van der Waals surface area contributed by atoms with Gasteiger partial charge in [0, 0.05) is 19.3 Å². The minimum absolute atomic E-state index is 0.0166. The number of hydrogen-bond donors (Lipinski definition) is 1. The molecule has 0 amide bonds. The summed E-state index contributed by atoms with van der Waals surface area (Å²) in [6, 6.07) is 9.75. The van der Waals surface area contributed by atoms with E-state index in [1.165, 1.54) is 4.57 Å². The van der Waals surface area contributed by atoms with Gasteiger partial charge in [-0.15, -0.1) is 0 Å². The maximum atomic E-state index is 13.0. The van der Waals surface area contributed by atoms with E-state index in [2.05, 4.69) is 4.98 Å². The highest BCUT2D eigenvalue weighted by Crippen LogP contribution is 2.31. The topological polar surface area (TPSA) is 109 Å². The summed E-state index contributed by atoms with van der Waals surface area (Å²) in [5.41, 5.74) is 1.47. The third kappa shape index (κ3) is 2.70. The van der Waals surface area contributed by atoms with Crippen LogP contribution < -0.4 is 16.1 Å². The minimum Gasteiger partial charge on any atom is -0.389 e. The normalized spacial score (nSPS) is 16.2. The van der Waals surface area contributed by atoms with Crippen molar-refractivity contribution in [2.75, 3.05) is 11.4 Å². The highest BCUT2D eigenvalue weighted by Gasteiger charge is 2.30. The van der Waals surface area contributed by atoms with Crippen molar-refractivity contribution in [3.8, 4) is 6.07 Å². The number of benzene rings is 1. The molecule has 0 spiro atoms. The highest BCUT2D eigenvalue weighted by molar-refractivity contribution is 5.77. The van der Waals surface area contributed by atoms with Crippen molar-refractivity contribution in [2.45, 2.75) is 32.5 Å². The van der Waals surface area contributed by atoms with Crippen molar-refractivity contribution in [1.82, 2.24) is 18.7 Å². The van der Waals surface area contributed by atoms with Gasteiger partial charge in [0.15, 0.2) is 11.2 Å². The number of nitriles is 1. The van der Waals surface area contributed by atoms with Gasteiger partial charge in [0.2, 0.25) is 5.95 Å². The third-order valence-electron chi connectivity index (χ3n) is 5.03. The lowest BCUT2D eigenvalue weighted by molar-refractivity contribution is 0.154. The Morgan fingerprint density at radius 3 is 2.64 bits per heavy atom. The number of imidazole rings is 1. The van der Waals surface area contributed by atoms with E-state index in [1.54, 1.807) is 11.6 Å². The number of aliphatic hydroxyl groups is 1. The van der Waals surface area contributed by atoms with E-state index < -0.39 is 17.4 Å². The zero-order valence-electron chi connectivity index (χ0n) is 15.7. The molecule has 1 aliphatic heterocycles. The van der Waals surface area contributed by atoms with Crippen molar-refractivity contribution in [1.29, 1.82) is 5.26 Å². The number of aliphatic hydroxyl groups excluding tert-OH is 1. The van der Waals surface area contributed by atoms with E-state index in [-0.39, 0.29) is 30.7 Å². The summed E-state index contributed by atoms with van der Waals surface area (Å²) in [5, 5.41) is 19.3. The summed E-state index contributed by atoms with van der Waals surface area (Å²) in [7, 11) is 1.55. The van der Waals surface area contributed by atoms with Gasteiger partial charge in [-0.1, -0.05) is 17.7 Å². The van der Waals surface area contributed by atoms with Gasteiger partial charge in [-0.05, 0) is 19.1 Å². The second-order valence-electron chi connectivity index (χ2n) is 7.00. The van der Waals surface area contributed by atoms with Crippen LogP contribution in [0.25, 0.3) is 11.2 Å². The summed E-state index contributed by atoms with van der Waals surface area (Å²) in [6.07, 6.45) is -0.643. The number of aryl methyl sites for hydroxylation is 2. The van der Waals surface area contributed by atoms with E-state index >= 15 is 0 Å². The molecule has 0 aliphatic carbocycles. The summed E-state index contributed by atoms with van der Waals surface area (Å²) in [6.45, 7) is 2.55. The van der Waals surface area contributed by atoms with Crippen LogP contribution in [-0.2, 0) is 20.1 Å². The molecule has 2 aromatic heterocycles. The Kier molecular flexibility index (Phi) is 4.28. The molecule has 3 heterocycles. The van der Waals surface area contributed by atoms with Gasteiger partial charge in [0.05, 0.1) is 31.7 Å². The molecule has 4 rings (SSSR count). The van der Waals surface area contributed by atoms with Gasteiger partial charge in [0.25, 0.3) is 5.56 Å². The summed E-state index contributed by atoms with van der Waals surface area (Å²) >= 11 is 0. The molecule has 1 N–H and O–H groups in total. The molecule has 9 heteroatoms. The first-order valence-electron chi connectivity index (χ1n) is 9.01. The van der Waals surface area contributed by atoms with Crippen molar-refractivity contribution in [3.05, 3.63) is 50.7 Å². The van der Waals surface area contributed by atoms with Crippen molar-refractivity contribution in [3.63, 3.8) is 0 Å². The van der Waals surface area contributed by atoms with Crippen molar-refractivity contribution >= 4 is 22.8 Å². The smallest absolute Gasteiger partial charge is 0.332 e. The molecule has 0 fully saturated rings. The molecule has 3 aromatic rings. The van der Waals surface area contributed by atoms with E-state index in [0.717, 1.165) is 15.8 Å². The van der Waals surface area contributed by atoms with Gasteiger partial charge in [-0.2, -0.15) is 10.2 Å². The maximum Gasteiger partial charge on any atom is 0.332 e. The third-order valence-corrected chi connectivity index (χ3v) is 5.03. The quantitative estimate of drug-likeness (QED) is 0.714. The molecule has 1 aliphatic rings. The largest absolute Gasteiger partial charge is 0.389 e. The number of fused-ring (bicyclic) bond motifs is 3. The number of aromatic nitrogens is 4. The van der Waals surface area contributed by atoms with Crippen LogP contribution in [0, 0.1) is 18.3 Å².